The number of morpholine rings is 1. The van der Waals surface area contributed by atoms with Gasteiger partial charge in [0.2, 0.25) is 0 Å². The molecule has 0 aromatic heterocycles. The number of hydrogen-bond donors (Lipinski definition) is 0. The van der Waals surface area contributed by atoms with E-state index >= 15 is 0 Å². The van der Waals surface area contributed by atoms with Gasteiger partial charge in [0.05, 0.1) is 19.3 Å². The zero-order chi connectivity index (χ0) is 14.5. The number of likely N-dealkylation sites (N-methyl/N-ethyl adjacent to an activating group) is 1. The first-order chi connectivity index (χ1) is 8.87. The van der Waals surface area contributed by atoms with Gasteiger partial charge in [-0.05, 0) is 33.9 Å². The Hall–Kier alpha value is -0.810. The number of nitrogens with zero attached hydrogens (tertiary/aromatic N) is 2. The van der Waals surface area contributed by atoms with E-state index in [1.807, 2.05) is 25.7 Å². The second-order valence-electron chi connectivity index (χ2n) is 5.89. The molecule has 1 heterocycles. The molecular formula is C14H28N2O3. The molecule has 1 unspecified atom stereocenters. The molecule has 0 aromatic rings. The Morgan fingerprint density at radius 2 is 2.00 bits per heavy atom. The molecule has 1 aliphatic heterocycles. The molecule has 112 valence electrons. The number of hydrogen-bond acceptors (Lipinski definition) is 4. The van der Waals surface area contributed by atoms with Crippen molar-refractivity contribution >= 4 is 6.09 Å². The lowest BCUT2D eigenvalue weighted by Gasteiger charge is -2.38. The predicted octanol–water partition coefficient (Wildman–Crippen LogP) is 1.96. The third kappa shape index (κ3) is 5.37. The third-order valence-electron chi connectivity index (χ3n) is 3.22. The average molecular weight is 272 g/mol. The first kappa shape index (κ1) is 16.2. The highest BCUT2D eigenvalue weighted by Gasteiger charge is 2.31. The Balaban J connectivity index is 2.64. The number of carbonyl (C=O) groups is 1. The molecule has 1 rings (SSSR count). The maximum atomic E-state index is 12.2. The minimum atomic E-state index is -0.449. The second kappa shape index (κ2) is 7.10. The molecule has 1 fully saturated rings. The van der Waals surface area contributed by atoms with Crippen LogP contribution in [0.5, 0.6) is 0 Å². The fraction of sp³-hybridized carbons (Fsp3) is 0.929. The van der Waals surface area contributed by atoms with Crippen molar-refractivity contribution in [2.45, 2.75) is 46.3 Å². The molecule has 5 nitrogen and oxygen atoms in total. The maximum Gasteiger partial charge on any atom is 0.410 e. The summed E-state index contributed by atoms with van der Waals surface area (Å²) in [5, 5.41) is 0. The molecule has 0 spiro atoms. The maximum absolute atomic E-state index is 12.2. The summed E-state index contributed by atoms with van der Waals surface area (Å²) in [6, 6.07) is 0.0866. The van der Waals surface area contributed by atoms with Gasteiger partial charge in [0.1, 0.15) is 5.60 Å². The monoisotopic (exact) mass is 272 g/mol. The van der Waals surface area contributed by atoms with Gasteiger partial charge in [0.25, 0.3) is 0 Å². The molecular weight excluding hydrogens is 244 g/mol. The highest BCUT2D eigenvalue weighted by molar-refractivity contribution is 5.68. The first-order valence-electron chi connectivity index (χ1n) is 7.17. The summed E-state index contributed by atoms with van der Waals surface area (Å²) in [6.07, 6.45) is -0.229. The number of amides is 1. The Kier molecular flexibility index (Phi) is 6.07. The highest BCUT2D eigenvalue weighted by Crippen LogP contribution is 2.15. The van der Waals surface area contributed by atoms with Crippen molar-refractivity contribution in [1.82, 2.24) is 9.80 Å². The lowest BCUT2D eigenvalue weighted by molar-refractivity contribution is -0.0389. The SMILES string of the molecule is CCN(CC)CC1COCCN1C(=O)OC(C)(C)C. The fourth-order valence-electron chi connectivity index (χ4n) is 2.15. The highest BCUT2D eigenvalue weighted by atomic mass is 16.6. The molecule has 0 saturated carbocycles. The minimum absolute atomic E-state index is 0.0866. The third-order valence-corrected chi connectivity index (χ3v) is 3.22. The molecule has 0 aromatic carbocycles. The van der Waals surface area contributed by atoms with Gasteiger partial charge in [-0.3, -0.25) is 4.90 Å². The lowest BCUT2D eigenvalue weighted by Crippen LogP contribution is -2.54. The fourth-order valence-corrected chi connectivity index (χ4v) is 2.15. The van der Waals surface area contributed by atoms with E-state index in [-0.39, 0.29) is 12.1 Å². The Bertz CT molecular complexity index is 285. The van der Waals surface area contributed by atoms with Crippen molar-refractivity contribution in [2.75, 3.05) is 39.4 Å². The van der Waals surface area contributed by atoms with E-state index in [1.54, 1.807) is 0 Å². The van der Waals surface area contributed by atoms with E-state index < -0.39 is 5.60 Å². The molecule has 1 saturated heterocycles. The Morgan fingerprint density at radius 1 is 1.37 bits per heavy atom. The zero-order valence-corrected chi connectivity index (χ0v) is 12.9. The van der Waals surface area contributed by atoms with Crippen LogP contribution >= 0.6 is 0 Å². The zero-order valence-electron chi connectivity index (χ0n) is 12.9. The van der Waals surface area contributed by atoms with Crippen molar-refractivity contribution in [3.05, 3.63) is 0 Å². The van der Waals surface area contributed by atoms with Gasteiger partial charge in [-0.1, -0.05) is 13.8 Å². The van der Waals surface area contributed by atoms with Gasteiger partial charge in [-0.15, -0.1) is 0 Å². The van der Waals surface area contributed by atoms with E-state index in [2.05, 4.69) is 18.7 Å². The van der Waals surface area contributed by atoms with Crippen molar-refractivity contribution in [1.29, 1.82) is 0 Å². The Morgan fingerprint density at radius 3 is 2.53 bits per heavy atom. The van der Waals surface area contributed by atoms with Gasteiger partial charge < -0.3 is 14.4 Å². The first-order valence-corrected chi connectivity index (χ1v) is 7.17. The van der Waals surface area contributed by atoms with E-state index in [4.69, 9.17) is 9.47 Å². The number of rotatable bonds is 4. The molecule has 0 N–H and O–H groups in total. The molecule has 0 aliphatic carbocycles. The van der Waals surface area contributed by atoms with Crippen LogP contribution in [0.2, 0.25) is 0 Å². The second-order valence-corrected chi connectivity index (χ2v) is 5.89. The lowest BCUT2D eigenvalue weighted by atomic mass is 10.2. The van der Waals surface area contributed by atoms with Crippen molar-refractivity contribution in [3.8, 4) is 0 Å². The van der Waals surface area contributed by atoms with Gasteiger partial charge >= 0.3 is 6.09 Å². The molecule has 19 heavy (non-hydrogen) atoms. The normalized spacial score (nSPS) is 20.7. The predicted molar refractivity (Wildman–Crippen MR) is 75.3 cm³/mol. The summed E-state index contributed by atoms with van der Waals surface area (Å²) in [6.45, 7) is 14.5. The van der Waals surface area contributed by atoms with Crippen LogP contribution in [0.15, 0.2) is 0 Å². The van der Waals surface area contributed by atoms with Crippen LogP contribution in [-0.4, -0.2) is 66.9 Å². The van der Waals surface area contributed by atoms with Gasteiger partial charge in [-0.2, -0.15) is 0 Å². The smallest absolute Gasteiger partial charge is 0.410 e. The molecule has 1 aliphatic rings. The summed E-state index contributed by atoms with van der Waals surface area (Å²) in [5.74, 6) is 0. The van der Waals surface area contributed by atoms with E-state index in [1.165, 1.54) is 0 Å². The van der Waals surface area contributed by atoms with Crippen LogP contribution in [-0.2, 0) is 9.47 Å². The summed E-state index contributed by atoms with van der Waals surface area (Å²) < 4.78 is 11.0. The van der Waals surface area contributed by atoms with Crippen LogP contribution in [0.1, 0.15) is 34.6 Å². The van der Waals surface area contributed by atoms with Crippen LogP contribution in [0.3, 0.4) is 0 Å². The summed E-state index contributed by atoms with van der Waals surface area (Å²) >= 11 is 0. The van der Waals surface area contributed by atoms with Gasteiger partial charge in [0, 0.05) is 13.1 Å². The van der Waals surface area contributed by atoms with Crippen LogP contribution in [0.25, 0.3) is 0 Å². The molecule has 5 heteroatoms. The summed E-state index contributed by atoms with van der Waals surface area (Å²) in [5.41, 5.74) is -0.449. The quantitative estimate of drug-likeness (QED) is 0.784. The number of carbonyl (C=O) groups excluding carboxylic acids is 1. The van der Waals surface area contributed by atoms with Gasteiger partial charge in [0.15, 0.2) is 0 Å². The average Bonchev–Trinajstić information content (AvgIpc) is 2.34. The summed E-state index contributed by atoms with van der Waals surface area (Å²) in [7, 11) is 0. The summed E-state index contributed by atoms with van der Waals surface area (Å²) in [4.78, 5) is 16.3. The molecule has 1 amide bonds. The van der Waals surface area contributed by atoms with E-state index in [9.17, 15) is 4.79 Å². The molecule has 1 atom stereocenters. The molecule has 0 bridgehead atoms. The van der Waals surface area contributed by atoms with E-state index in [0.717, 1.165) is 19.6 Å². The minimum Gasteiger partial charge on any atom is -0.444 e. The Labute approximate surface area is 116 Å². The van der Waals surface area contributed by atoms with Crippen LogP contribution in [0, 0.1) is 0 Å². The molecule has 0 radical (unpaired) electrons. The standard InChI is InChI=1S/C14H28N2O3/c1-6-15(7-2)10-12-11-18-9-8-16(12)13(17)19-14(3,4)5/h12H,6-11H2,1-5H3. The topological polar surface area (TPSA) is 42.0 Å². The van der Waals surface area contributed by atoms with Crippen LogP contribution < -0.4 is 0 Å². The van der Waals surface area contributed by atoms with Crippen molar-refractivity contribution in [2.24, 2.45) is 0 Å². The van der Waals surface area contributed by atoms with Gasteiger partial charge in [-0.25, -0.2) is 4.79 Å². The number of ether oxygens (including phenoxy) is 2. The van der Waals surface area contributed by atoms with Crippen molar-refractivity contribution < 1.29 is 14.3 Å². The van der Waals surface area contributed by atoms with E-state index in [0.29, 0.717) is 19.8 Å². The van der Waals surface area contributed by atoms with Crippen molar-refractivity contribution in [3.63, 3.8) is 0 Å². The largest absolute Gasteiger partial charge is 0.444 e. The van der Waals surface area contributed by atoms with Crippen LogP contribution in [0.4, 0.5) is 4.79 Å².